The van der Waals surface area contributed by atoms with E-state index in [1.165, 1.54) is 0 Å². The first-order chi connectivity index (χ1) is 9.01. The standard InChI is InChI=1S/C14H18N4S/c1-4-11-13(8-18(3)17-11)16-12-7-9(2)5-6-10(12)14(15)19/h5-8,16H,4H2,1-3H3,(H2,15,19). The fourth-order valence-corrected chi connectivity index (χ4v) is 2.20. The van der Waals surface area contributed by atoms with E-state index in [-0.39, 0.29) is 0 Å². The Hall–Kier alpha value is -1.88. The molecule has 2 rings (SSSR count). The highest BCUT2D eigenvalue weighted by atomic mass is 32.1. The van der Waals surface area contributed by atoms with E-state index >= 15 is 0 Å². The Morgan fingerprint density at radius 1 is 1.42 bits per heavy atom. The second-order valence-electron chi connectivity index (χ2n) is 4.55. The van der Waals surface area contributed by atoms with E-state index in [4.69, 9.17) is 18.0 Å². The summed E-state index contributed by atoms with van der Waals surface area (Å²) in [6, 6.07) is 5.99. The van der Waals surface area contributed by atoms with E-state index in [1.54, 1.807) is 4.68 Å². The van der Waals surface area contributed by atoms with Gasteiger partial charge in [0.25, 0.3) is 0 Å². The van der Waals surface area contributed by atoms with E-state index in [9.17, 15) is 0 Å². The maximum Gasteiger partial charge on any atom is 0.106 e. The van der Waals surface area contributed by atoms with Gasteiger partial charge in [-0.1, -0.05) is 25.2 Å². The van der Waals surface area contributed by atoms with Gasteiger partial charge in [0.15, 0.2) is 0 Å². The molecule has 0 amide bonds. The molecule has 0 radical (unpaired) electrons. The predicted molar refractivity (Wildman–Crippen MR) is 82.9 cm³/mol. The first-order valence-corrected chi connectivity index (χ1v) is 6.62. The summed E-state index contributed by atoms with van der Waals surface area (Å²) >= 11 is 5.09. The molecule has 2 aromatic rings. The van der Waals surface area contributed by atoms with Crippen LogP contribution < -0.4 is 11.1 Å². The number of nitrogens with one attached hydrogen (secondary N) is 1. The van der Waals surface area contributed by atoms with Gasteiger partial charge in [-0.15, -0.1) is 0 Å². The quantitative estimate of drug-likeness (QED) is 0.842. The SMILES string of the molecule is CCc1nn(C)cc1Nc1cc(C)ccc1C(N)=S. The van der Waals surface area contributed by atoms with Crippen molar-refractivity contribution in [3.05, 3.63) is 41.2 Å². The topological polar surface area (TPSA) is 55.9 Å². The van der Waals surface area contributed by atoms with Gasteiger partial charge < -0.3 is 11.1 Å². The summed E-state index contributed by atoms with van der Waals surface area (Å²) in [4.78, 5) is 0.393. The third-order valence-electron chi connectivity index (χ3n) is 2.95. The summed E-state index contributed by atoms with van der Waals surface area (Å²) in [5.41, 5.74) is 10.7. The molecule has 3 N–H and O–H groups in total. The molecule has 1 aromatic carbocycles. The zero-order valence-corrected chi connectivity index (χ0v) is 12.2. The third kappa shape index (κ3) is 2.93. The fraction of sp³-hybridized carbons (Fsp3) is 0.286. The summed E-state index contributed by atoms with van der Waals surface area (Å²) < 4.78 is 1.80. The van der Waals surface area contributed by atoms with Crippen LogP contribution in [-0.4, -0.2) is 14.8 Å². The van der Waals surface area contributed by atoms with Crippen molar-refractivity contribution in [2.75, 3.05) is 5.32 Å². The second kappa shape index (κ2) is 5.40. The van der Waals surface area contributed by atoms with Crippen molar-refractivity contribution in [3.63, 3.8) is 0 Å². The average Bonchev–Trinajstić information content (AvgIpc) is 2.69. The van der Waals surface area contributed by atoms with Gasteiger partial charge in [-0.2, -0.15) is 5.10 Å². The van der Waals surface area contributed by atoms with Gasteiger partial charge in [-0.3, -0.25) is 4.68 Å². The van der Waals surface area contributed by atoms with E-state index in [0.717, 1.165) is 34.6 Å². The van der Waals surface area contributed by atoms with Crippen LogP contribution in [-0.2, 0) is 13.5 Å². The van der Waals surface area contributed by atoms with Gasteiger partial charge in [-0.05, 0) is 31.0 Å². The van der Waals surface area contributed by atoms with Crippen LogP contribution in [0.3, 0.4) is 0 Å². The molecular formula is C14H18N4S. The number of benzene rings is 1. The van der Waals surface area contributed by atoms with Gasteiger partial charge in [0.05, 0.1) is 11.4 Å². The summed E-state index contributed by atoms with van der Waals surface area (Å²) in [5.74, 6) is 0. The van der Waals surface area contributed by atoms with Crippen molar-refractivity contribution in [1.29, 1.82) is 0 Å². The maximum atomic E-state index is 5.76. The van der Waals surface area contributed by atoms with Crippen molar-refractivity contribution < 1.29 is 0 Å². The Morgan fingerprint density at radius 3 is 2.79 bits per heavy atom. The van der Waals surface area contributed by atoms with E-state index in [0.29, 0.717) is 4.99 Å². The summed E-state index contributed by atoms with van der Waals surface area (Å²) in [5, 5.41) is 7.80. The van der Waals surface area contributed by atoms with Crippen LogP contribution in [0.5, 0.6) is 0 Å². The van der Waals surface area contributed by atoms with Gasteiger partial charge in [-0.25, -0.2) is 0 Å². The lowest BCUT2D eigenvalue weighted by Gasteiger charge is -2.11. The second-order valence-corrected chi connectivity index (χ2v) is 4.99. The molecule has 0 spiro atoms. The van der Waals surface area contributed by atoms with Gasteiger partial charge >= 0.3 is 0 Å². The number of aryl methyl sites for hydroxylation is 3. The molecule has 0 aliphatic rings. The van der Waals surface area contributed by atoms with Crippen LogP contribution in [0.2, 0.25) is 0 Å². The van der Waals surface area contributed by atoms with Crippen molar-refractivity contribution in [1.82, 2.24) is 9.78 Å². The van der Waals surface area contributed by atoms with Crippen LogP contribution in [0.1, 0.15) is 23.7 Å². The van der Waals surface area contributed by atoms with Crippen LogP contribution in [0.4, 0.5) is 11.4 Å². The molecule has 0 atom stereocenters. The van der Waals surface area contributed by atoms with Crippen LogP contribution >= 0.6 is 12.2 Å². The minimum atomic E-state index is 0.393. The van der Waals surface area contributed by atoms with Crippen LogP contribution in [0.25, 0.3) is 0 Å². The van der Waals surface area contributed by atoms with Gasteiger partial charge in [0.1, 0.15) is 4.99 Å². The van der Waals surface area contributed by atoms with E-state index in [2.05, 4.69) is 17.3 Å². The fourth-order valence-electron chi connectivity index (χ4n) is 2.02. The zero-order valence-electron chi connectivity index (χ0n) is 11.4. The number of nitrogens with two attached hydrogens (primary N) is 1. The minimum Gasteiger partial charge on any atom is -0.389 e. The molecule has 0 unspecified atom stereocenters. The average molecular weight is 274 g/mol. The van der Waals surface area contributed by atoms with Crippen LogP contribution in [0.15, 0.2) is 24.4 Å². The molecule has 0 aliphatic carbocycles. The monoisotopic (exact) mass is 274 g/mol. The number of hydrogen-bond acceptors (Lipinski definition) is 3. The molecule has 0 fully saturated rings. The Bertz CT molecular complexity index is 616. The first-order valence-electron chi connectivity index (χ1n) is 6.21. The number of anilines is 2. The molecule has 100 valence electrons. The minimum absolute atomic E-state index is 0.393. The summed E-state index contributed by atoms with van der Waals surface area (Å²) in [7, 11) is 1.91. The molecule has 1 heterocycles. The molecule has 0 saturated carbocycles. The number of thiocarbonyl (C=S) groups is 1. The predicted octanol–water partition coefficient (Wildman–Crippen LogP) is 2.67. The van der Waals surface area contributed by atoms with Crippen molar-refractivity contribution in [2.45, 2.75) is 20.3 Å². The van der Waals surface area contributed by atoms with E-state index in [1.807, 2.05) is 38.4 Å². The highest BCUT2D eigenvalue weighted by Gasteiger charge is 2.10. The van der Waals surface area contributed by atoms with Gasteiger partial charge in [0.2, 0.25) is 0 Å². The lowest BCUT2D eigenvalue weighted by Crippen LogP contribution is -2.12. The zero-order chi connectivity index (χ0) is 14.0. The Balaban J connectivity index is 2.42. The van der Waals surface area contributed by atoms with Gasteiger partial charge in [0, 0.05) is 24.5 Å². The number of aromatic nitrogens is 2. The highest BCUT2D eigenvalue weighted by molar-refractivity contribution is 7.80. The number of rotatable bonds is 4. The van der Waals surface area contributed by atoms with E-state index < -0.39 is 0 Å². The maximum absolute atomic E-state index is 5.76. The van der Waals surface area contributed by atoms with Crippen molar-refractivity contribution >= 4 is 28.6 Å². The molecule has 0 bridgehead atoms. The number of nitrogens with zero attached hydrogens (tertiary/aromatic N) is 2. The summed E-state index contributed by atoms with van der Waals surface area (Å²) in [6.07, 6.45) is 2.84. The highest BCUT2D eigenvalue weighted by Crippen LogP contribution is 2.24. The molecule has 5 heteroatoms. The lowest BCUT2D eigenvalue weighted by molar-refractivity contribution is 0.746. The normalized spacial score (nSPS) is 10.5. The Kier molecular flexibility index (Phi) is 3.85. The largest absolute Gasteiger partial charge is 0.389 e. The first kappa shape index (κ1) is 13.5. The molecule has 4 nitrogen and oxygen atoms in total. The Labute approximate surface area is 118 Å². The Morgan fingerprint density at radius 2 is 2.16 bits per heavy atom. The molecule has 19 heavy (non-hydrogen) atoms. The van der Waals surface area contributed by atoms with Crippen molar-refractivity contribution in [2.24, 2.45) is 12.8 Å². The lowest BCUT2D eigenvalue weighted by atomic mass is 10.1. The third-order valence-corrected chi connectivity index (χ3v) is 3.17. The molecule has 0 aliphatic heterocycles. The number of hydrogen-bond donors (Lipinski definition) is 2. The molecular weight excluding hydrogens is 256 g/mol. The summed E-state index contributed by atoms with van der Waals surface area (Å²) in [6.45, 7) is 4.12. The van der Waals surface area contributed by atoms with Crippen molar-refractivity contribution in [3.8, 4) is 0 Å². The molecule has 1 aromatic heterocycles. The molecule has 0 saturated heterocycles. The smallest absolute Gasteiger partial charge is 0.106 e. The van der Waals surface area contributed by atoms with Crippen LogP contribution in [0, 0.1) is 6.92 Å².